The molecule has 1 amide bonds. The number of hydrogen-bond acceptors (Lipinski definition) is 4. The van der Waals surface area contributed by atoms with E-state index in [-0.39, 0.29) is 22.9 Å². The summed E-state index contributed by atoms with van der Waals surface area (Å²) in [5, 5.41) is -0.478. The van der Waals surface area contributed by atoms with Crippen LogP contribution in [0.4, 0.5) is 0 Å². The summed E-state index contributed by atoms with van der Waals surface area (Å²) >= 11 is 0. The first-order chi connectivity index (χ1) is 10.7. The molecule has 23 heavy (non-hydrogen) atoms. The second-order valence-corrected chi connectivity index (χ2v) is 9.04. The second kappa shape index (κ2) is 7.01. The summed E-state index contributed by atoms with van der Waals surface area (Å²) in [4.78, 5) is 14.8. The molecule has 1 aliphatic heterocycles. The Balaban J connectivity index is 2.23. The number of hydrogen-bond donors (Lipinski definition) is 1. The summed E-state index contributed by atoms with van der Waals surface area (Å²) in [6, 6.07) is 6.23. The van der Waals surface area contributed by atoms with Crippen molar-refractivity contribution in [1.82, 2.24) is 4.90 Å². The van der Waals surface area contributed by atoms with Crippen molar-refractivity contribution in [2.45, 2.75) is 62.3 Å². The van der Waals surface area contributed by atoms with E-state index in [0.29, 0.717) is 12.1 Å². The Labute approximate surface area is 138 Å². The first-order valence-electron chi connectivity index (χ1n) is 8.15. The molecule has 0 spiro atoms. The Morgan fingerprint density at radius 2 is 1.78 bits per heavy atom. The van der Waals surface area contributed by atoms with Crippen LogP contribution in [-0.4, -0.2) is 43.1 Å². The van der Waals surface area contributed by atoms with Crippen molar-refractivity contribution in [2.75, 3.05) is 6.54 Å². The van der Waals surface area contributed by atoms with Gasteiger partial charge in [0.2, 0.25) is 0 Å². The van der Waals surface area contributed by atoms with Crippen molar-refractivity contribution < 1.29 is 13.2 Å². The summed E-state index contributed by atoms with van der Waals surface area (Å²) in [6.07, 6.45) is 2.99. The van der Waals surface area contributed by atoms with Gasteiger partial charge in [0.1, 0.15) is 0 Å². The highest BCUT2D eigenvalue weighted by molar-refractivity contribution is 7.92. The van der Waals surface area contributed by atoms with Crippen molar-refractivity contribution in [1.29, 1.82) is 0 Å². The highest BCUT2D eigenvalue weighted by Crippen LogP contribution is 2.23. The average Bonchev–Trinajstić information content (AvgIpc) is 2.54. The predicted molar refractivity (Wildman–Crippen MR) is 91.1 cm³/mol. The Morgan fingerprint density at radius 1 is 1.17 bits per heavy atom. The first kappa shape index (κ1) is 17.9. The minimum atomic E-state index is -3.31. The monoisotopic (exact) mass is 338 g/mol. The zero-order valence-corrected chi connectivity index (χ0v) is 14.8. The fourth-order valence-corrected chi connectivity index (χ4v) is 4.04. The van der Waals surface area contributed by atoms with Gasteiger partial charge in [0.25, 0.3) is 5.91 Å². The fourth-order valence-electron chi connectivity index (χ4n) is 2.98. The van der Waals surface area contributed by atoms with Gasteiger partial charge in [-0.1, -0.05) is 0 Å². The molecule has 0 saturated carbocycles. The van der Waals surface area contributed by atoms with Gasteiger partial charge in [-0.25, -0.2) is 8.42 Å². The minimum Gasteiger partial charge on any atom is -0.334 e. The molecule has 0 radical (unpaired) electrons. The van der Waals surface area contributed by atoms with Crippen LogP contribution in [0.15, 0.2) is 29.2 Å². The van der Waals surface area contributed by atoms with Crippen LogP contribution >= 0.6 is 0 Å². The minimum absolute atomic E-state index is 0.0512. The molecular weight excluding hydrogens is 312 g/mol. The molecule has 0 aliphatic carbocycles. The zero-order valence-electron chi connectivity index (χ0n) is 14.0. The maximum absolute atomic E-state index is 12.7. The molecule has 0 aromatic heterocycles. The van der Waals surface area contributed by atoms with Gasteiger partial charge in [-0.3, -0.25) is 4.79 Å². The fraction of sp³-hybridized carbons (Fsp3) is 0.588. The lowest BCUT2D eigenvalue weighted by Crippen LogP contribution is -2.51. The third-order valence-electron chi connectivity index (χ3n) is 4.47. The summed E-state index contributed by atoms with van der Waals surface area (Å²) in [6.45, 7) is 5.93. The van der Waals surface area contributed by atoms with E-state index in [1.54, 1.807) is 26.0 Å². The molecule has 2 atom stereocenters. The van der Waals surface area contributed by atoms with E-state index in [0.717, 1.165) is 19.3 Å². The molecule has 2 N–H and O–H groups in total. The Hall–Kier alpha value is -1.40. The van der Waals surface area contributed by atoms with Crippen molar-refractivity contribution in [3.63, 3.8) is 0 Å². The van der Waals surface area contributed by atoms with E-state index in [4.69, 9.17) is 5.73 Å². The number of piperidine rings is 1. The Kier molecular flexibility index (Phi) is 5.47. The summed E-state index contributed by atoms with van der Waals surface area (Å²) in [5.74, 6) is -0.0690. The molecule has 2 unspecified atom stereocenters. The van der Waals surface area contributed by atoms with Crippen LogP contribution in [-0.2, 0) is 9.84 Å². The molecule has 128 valence electrons. The van der Waals surface area contributed by atoms with Crippen LogP contribution in [0, 0.1) is 0 Å². The van der Waals surface area contributed by atoms with Gasteiger partial charge in [-0.15, -0.1) is 0 Å². The molecule has 1 aromatic rings. The number of carbonyl (C=O) groups is 1. The molecule has 1 fully saturated rings. The van der Waals surface area contributed by atoms with Crippen LogP contribution in [0.5, 0.6) is 0 Å². The smallest absolute Gasteiger partial charge is 0.254 e. The van der Waals surface area contributed by atoms with E-state index in [2.05, 4.69) is 0 Å². The van der Waals surface area contributed by atoms with Crippen LogP contribution in [0.3, 0.4) is 0 Å². The van der Waals surface area contributed by atoms with E-state index < -0.39 is 15.1 Å². The van der Waals surface area contributed by atoms with Gasteiger partial charge < -0.3 is 10.6 Å². The highest BCUT2D eigenvalue weighted by Gasteiger charge is 2.30. The SMILES string of the molecule is CC(N)C1CCCCN1C(=O)c1ccc(S(=O)(=O)C(C)C)cc1. The number of benzene rings is 1. The van der Waals surface area contributed by atoms with Crippen molar-refractivity contribution in [3.05, 3.63) is 29.8 Å². The first-order valence-corrected chi connectivity index (χ1v) is 9.70. The maximum Gasteiger partial charge on any atom is 0.254 e. The number of sulfone groups is 1. The van der Waals surface area contributed by atoms with Crippen LogP contribution in [0.1, 0.15) is 50.4 Å². The summed E-state index contributed by atoms with van der Waals surface area (Å²) in [5.41, 5.74) is 6.53. The molecule has 1 saturated heterocycles. The van der Waals surface area contributed by atoms with Crippen LogP contribution < -0.4 is 5.73 Å². The normalized spacial score (nSPS) is 20.6. The molecule has 1 aromatic carbocycles. The molecule has 6 heteroatoms. The van der Waals surface area contributed by atoms with E-state index in [9.17, 15) is 13.2 Å². The van der Waals surface area contributed by atoms with Gasteiger partial charge in [-0.2, -0.15) is 0 Å². The maximum atomic E-state index is 12.7. The molecular formula is C17H26N2O3S. The van der Waals surface area contributed by atoms with Gasteiger partial charge >= 0.3 is 0 Å². The number of amides is 1. The van der Waals surface area contributed by atoms with Gasteiger partial charge in [0, 0.05) is 24.2 Å². The largest absolute Gasteiger partial charge is 0.334 e. The number of nitrogens with two attached hydrogens (primary N) is 1. The molecule has 0 bridgehead atoms. The standard InChI is InChI=1S/C17H26N2O3S/c1-12(2)23(21,22)15-9-7-14(8-10-15)17(20)19-11-5-4-6-16(19)13(3)18/h7-10,12-13,16H,4-6,11,18H2,1-3H3. The van der Waals surface area contributed by atoms with Crippen molar-refractivity contribution in [3.8, 4) is 0 Å². The average molecular weight is 338 g/mol. The van der Waals surface area contributed by atoms with Crippen molar-refractivity contribution in [2.24, 2.45) is 5.73 Å². The topological polar surface area (TPSA) is 80.5 Å². The van der Waals surface area contributed by atoms with Crippen molar-refractivity contribution >= 4 is 15.7 Å². The number of carbonyl (C=O) groups excluding carboxylic acids is 1. The highest BCUT2D eigenvalue weighted by atomic mass is 32.2. The lowest BCUT2D eigenvalue weighted by Gasteiger charge is -2.38. The lowest BCUT2D eigenvalue weighted by atomic mass is 9.96. The molecule has 1 heterocycles. The zero-order chi connectivity index (χ0) is 17.2. The lowest BCUT2D eigenvalue weighted by molar-refractivity contribution is 0.0583. The van der Waals surface area contributed by atoms with Gasteiger partial charge in [0.15, 0.2) is 9.84 Å². The Morgan fingerprint density at radius 3 is 2.30 bits per heavy atom. The number of likely N-dealkylation sites (tertiary alicyclic amines) is 1. The second-order valence-electron chi connectivity index (χ2n) is 6.54. The van der Waals surface area contributed by atoms with Crippen LogP contribution in [0.25, 0.3) is 0 Å². The third-order valence-corrected chi connectivity index (χ3v) is 6.64. The molecule has 2 rings (SSSR count). The van der Waals surface area contributed by atoms with Gasteiger partial charge in [0.05, 0.1) is 10.1 Å². The quantitative estimate of drug-likeness (QED) is 0.913. The molecule has 5 nitrogen and oxygen atoms in total. The Bertz CT molecular complexity index is 651. The summed E-state index contributed by atoms with van der Waals surface area (Å²) in [7, 11) is -3.31. The van der Waals surface area contributed by atoms with E-state index in [1.807, 2.05) is 11.8 Å². The summed E-state index contributed by atoms with van der Waals surface area (Å²) < 4.78 is 24.3. The number of nitrogens with zero attached hydrogens (tertiary/aromatic N) is 1. The van der Waals surface area contributed by atoms with E-state index in [1.165, 1.54) is 12.1 Å². The predicted octanol–water partition coefficient (Wildman–Crippen LogP) is 2.21. The molecule has 1 aliphatic rings. The van der Waals surface area contributed by atoms with Gasteiger partial charge in [-0.05, 0) is 64.3 Å². The number of rotatable bonds is 4. The van der Waals surface area contributed by atoms with E-state index >= 15 is 0 Å². The van der Waals surface area contributed by atoms with Crippen LogP contribution in [0.2, 0.25) is 0 Å². The third kappa shape index (κ3) is 3.75.